The van der Waals surface area contributed by atoms with E-state index in [1.807, 2.05) is 29.2 Å². The number of hydrogen-bond acceptors (Lipinski definition) is 5. The first-order valence-corrected chi connectivity index (χ1v) is 8.06. The minimum absolute atomic E-state index is 0.0507. The summed E-state index contributed by atoms with van der Waals surface area (Å²) in [6.45, 7) is 1.40. The van der Waals surface area contributed by atoms with E-state index in [-0.39, 0.29) is 5.91 Å². The summed E-state index contributed by atoms with van der Waals surface area (Å²) in [6.07, 6.45) is 6.39. The molecule has 7 heteroatoms. The SMILES string of the molecule is O=C(c1cnccn1)N1CCC(Nc2nc3ccccc3[nH]2)CC1. The second-order valence-electron chi connectivity index (χ2n) is 5.90. The summed E-state index contributed by atoms with van der Waals surface area (Å²) < 4.78 is 0. The number of carbonyl (C=O) groups excluding carboxylic acids is 1. The van der Waals surface area contributed by atoms with E-state index in [0.717, 1.165) is 29.8 Å². The Kier molecular flexibility index (Phi) is 3.82. The van der Waals surface area contributed by atoms with Crippen molar-refractivity contribution in [1.82, 2.24) is 24.8 Å². The van der Waals surface area contributed by atoms with E-state index in [4.69, 9.17) is 0 Å². The molecule has 1 saturated heterocycles. The number of benzene rings is 1. The standard InChI is InChI=1S/C17H18N6O/c24-16(15-11-18-7-8-19-15)23-9-5-12(6-10-23)20-17-21-13-3-1-2-4-14(13)22-17/h1-4,7-8,11-12H,5-6,9-10H2,(H2,20,21,22). The van der Waals surface area contributed by atoms with Crippen LogP contribution in [0.5, 0.6) is 0 Å². The first kappa shape index (κ1) is 14.6. The lowest BCUT2D eigenvalue weighted by atomic mass is 10.0. The molecule has 0 aliphatic carbocycles. The molecule has 0 spiro atoms. The number of carbonyl (C=O) groups is 1. The van der Waals surface area contributed by atoms with Gasteiger partial charge in [0.2, 0.25) is 5.95 Å². The van der Waals surface area contributed by atoms with Gasteiger partial charge in [-0.1, -0.05) is 12.1 Å². The molecule has 1 aromatic carbocycles. The fraction of sp³-hybridized carbons (Fsp3) is 0.294. The quantitative estimate of drug-likeness (QED) is 0.771. The Morgan fingerprint density at radius 2 is 2.04 bits per heavy atom. The molecule has 122 valence electrons. The summed E-state index contributed by atoms with van der Waals surface area (Å²) in [6, 6.07) is 8.26. The monoisotopic (exact) mass is 322 g/mol. The number of imidazole rings is 1. The van der Waals surface area contributed by atoms with E-state index in [1.165, 1.54) is 6.20 Å². The number of hydrogen-bond donors (Lipinski definition) is 2. The van der Waals surface area contributed by atoms with E-state index in [1.54, 1.807) is 12.4 Å². The topological polar surface area (TPSA) is 86.8 Å². The third-order valence-electron chi connectivity index (χ3n) is 4.29. The molecular weight excluding hydrogens is 304 g/mol. The normalized spacial score (nSPS) is 15.6. The van der Waals surface area contributed by atoms with Crippen LogP contribution in [0.15, 0.2) is 42.9 Å². The van der Waals surface area contributed by atoms with E-state index in [0.29, 0.717) is 24.8 Å². The maximum absolute atomic E-state index is 12.4. The molecule has 3 aromatic rings. The zero-order chi connectivity index (χ0) is 16.4. The van der Waals surface area contributed by atoms with Gasteiger partial charge in [-0.3, -0.25) is 9.78 Å². The predicted octanol–water partition coefficient (Wildman–Crippen LogP) is 2.07. The van der Waals surface area contributed by atoms with Gasteiger partial charge in [-0.2, -0.15) is 0 Å². The van der Waals surface area contributed by atoms with Crippen LogP contribution in [0, 0.1) is 0 Å². The summed E-state index contributed by atoms with van der Waals surface area (Å²) in [4.78, 5) is 30.1. The van der Waals surface area contributed by atoms with Crippen molar-refractivity contribution in [3.8, 4) is 0 Å². The van der Waals surface area contributed by atoms with Crippen molar-refractivity contribution < 1.29 is 4.79 Å². The van der Waals surface area contributed by atoms with Gasteiger partial charge in [0.25, 0.3) is 5.91 Å². The first-order chi connectivity index (χ1) is 11.8. The van der Waals surface area contributed by atoms with Crippen molar-refractivity contribution in [2.75, 3.05) is 18.4 Å². The Morgan fingerprint density at radius 3 is 2.79 bits per heavy atom. The van der Waals surface area contributed by atoms with Gasteiger partial charge in [-0.25, -0.2) is 9.97 Å². The smallest absolute Gasteiger partial charge is 0.274 e. The number of nitrogens with zero attached hydrogens (tertiary/aromatic N) is 4. The number of rotatable bonds is 3. The van der Waals surface area contributed by atoms with Crippen molar-refractivity contribution in [2.24, 2.45) is 0 Å². The lowest BCUT2D eigenvalue weighted by Gasteiger charge is -2.32. The van der Waals surface area contributed by atoms with Crippen LogP contribution in [0.1, 0.15) is 23.3 Å². The Labute approximate surface area is 139 Å². The minimum atomic E-state index is -0.0507. The fourth-order valence-corrected chi connectivity index (χ4v) is 3.01. The number of aromatic amines is 1. The van der Waals surface area contributed by atoms with Crippen LogP contribution in [-0.4, -0.2) is 49.9 Å². The maximum Gasteiger partial charge on any atom is 0.274 e. The van der Waals surface area contributed by atoms with Gasteiger partial charge in [0, 0.05) is 31.5 Å². The number of piperidine rings is 1. The Hall–Kier alpha value is -2.96. The van der Waals surface area contributed by atoms with Gasteiger partial charge in [-0.05, 0) is 25.0 Å². The number of likely N-dealkylation sites (tertiary alicyclic amines) is 1. The molecule has 1 aliphatic rings. The summed E-state index contributed by atoms with van der Waals surface area (Å²) in [7, 11) is 0. The zero-order valence-electron chi connectivity index (χ0n) is 13.1. The van der Waals surface area contributed by atoms with Crippen LogP contribution in [0.4, 0.5) is 5.95 Å². The summed E-state index contributed by atoms with van der Waals surface area (Å²) in [5.41, 5.74) is 2.38. The average molecular weight is 322 g/mol. The second kappa shape index (κ2) is 6.27. The van der Waals surface area contributed by atoms with Gasteiger partial charge in [-0.15, -0.1) is 0 Å². The lowest BCUT2D eigenvalue weighted by Crippen LogP contribution is -2.42. The van der Waals surface area contributed by atoms with Crippen molar-refractivity contribution >= 4 is 22.9 Å². The number of nitrogens with one attached hydrogen (secondary N) is 2. The van der Waals surface area contributed by atoms with Crippen molar-refractivity contribution in [2.45, 2.75) is 18.9 Å². The van der Waals surface area contributed by atoms with E-state index >= 15 is 0 Å². The van der Waals surface area contributed by atoms with Crippen LogP contribution in [0.3, 0.4) is 0 Å². The second-order valence-corrected chi connectivity index (χ2v) is 5.90. The molecule has 4 rings (SSSR count). The minimum Gasteiger partial charge on any atom is -0.353 e. The molecule has 0 bridgehead atoms. The van der Waals surface area contributed by atoms with Crippen LogP contribution < -0.4 is 5.32 Å². The van der Waals surface area contributed by atoms with Gasteiger partial charge in [0.05, 0.1) is 17.2 Å². The molecule has 24 heavy (non-hydrogen) atoms. The molecule has 1 amide bonds. The molecule has 0 saturated carbocycles. The molecule has 1 aliphatic heterocycles. The van der Waals surface area contributed by atoms with Gasteiger partial charge in [0.15, 0.2) is 0 Å². The summed E-state index contributed by atoms with van der Waals surface area (Å²) in [5, 5.41) is 3.44. The first-order valence-electron chi connectivity index (χ1n) is 8.06. The van der Waals surface area contributed by atoms with Crippen LogP contribution in [0.25, 0.3) is 11.0 Å². The molecule has 0 atom stereocenters. The third-order valence-corrected chi connectivity index (χ3v) is 4.29. The Balaban J connectivity index is 1.37. The number of fused-ring (bicyclic) bond motifs is 1. The highest BCUT2D eigenvalue weighted by atomic mass is 16.2. The molecule has 2 aromatic heterocycles. The molecule has 7 nitrogen and oxygen atoms in total. The number of para-hydroxylation sites is 2. The summed E-state index contributed by atoms with van der Waals surface area (Å²) in [5.74, 6) is 0.736. The molecule has 3 heterocycles. The molecular formula is C17H18N6O. The maximum atomic E-state index is 12.4. The number of anilines is 1. The van der Waals surface area contributed by atoms with Crippen molar-refractivity contribution in [3.63, 3.8) is 0 Å². The zero-order valence-corrected chi connectivity index (χ0v) is 13.1. The van der Waals surface area contributed by atoms with Crippen molar-refractivity contribution in [1.29, 1.82) is 0 Å². The summed E-state index contributed by atoms with van der Waals surface area (Å²) >= 11 is 0. The molecule has 2 N–H and O–H groups in total. The largest absolute Gasteiger partial charge is 0.353 e. The van der Waals surface area contributed by atoms with Gasteiger partial charge in [0.1, 0.15) is 5.69 Å². The molecule has 1 fully saturated rings. The van der Waals surface area contributed by atoms with E-state index in [2.05, 4.69) is 25.3 Å². The van der Waals surface area contributed by atoms with E-state index < -0.39 is 0 Å². The van der Waals surface area contributed by atoms with Crippen LogP contribution in [-0.2, 0) is 0 Å². The highest BCUT2D eigenvalue weighted by molar-refractivity contribution is 5.92. The number of H-pyrrole nitrogens is 1. The average Bonchev–Trinajstić information content (AvgIpc) is 3.05. The van der Waals surface area contributed by atoms with Gasteiger partial charge >= 0.3 is 0 Å². The number of amides is 1. The Bertz CT molecular complexity index is 805. The van der Waals surface area contributed by atoms with Gasteiger partial charge < -0.3 is 15.2 Å². The Morgan fingerprint density at radius 1 is 1.21 bits per heavy atom. The van der Waals surface area contributed by atoms with E-state index in [9.17, 15) is 4.79 Å². The third kappa shape index (κ3) is 2.92. The predicted molar refractivity (Wildman–Crippen MR) is 90.7 cm³/mol. The lowest BCUT2D eigenvalue weighted by molar-refractivity contribution is 0.0712. The number of aromatic nitrogens is 4. The van der Waals surface area contributed by atoms with Crippen LogP contribution >= 0.6 is 0 Å². The highest BCUT2D eigenvalue weighted by Crippen LogP contribution is 2.18. The molecule has 0 unspecified atom stereocenters. The van der Waals surface area contributed by atoms with Crippen molar-refractivity contribution in [3.05, 3.63) is 48.5 Å². The molecule has 0 radical (unpaired) electrons. The fourth-order valence-electron chi connectivity index (χ4n) is 3.01. The van der Waals surface area contributed by atoms with Crippen LogP contribution in [0.2, 0.25) is 0 Å². The highest BCUT2D eigenvalue weighted by Gasteiger charge is 2.24.